The van der Waals surface area contributed by atoms with E-state index in [0.29, 0.717) is 34.3 Å². The normalized spacial score (nSPS) is 12.7. The lowest BCUT2D eigenvalue weighted by molar-refractivity contribution is 0.490. The largest absolute Gasteiger partial charge is 0.376 e. The first kappa shape index (κ1) is 25.1. The van der Waals surface area contributed by atoms with Gasteiger partial charge in [-0.05, 0) is 38.8 Å². The number of hydrogen-bond acceptors (Lipinski definition) is 5. The molecule has 0 aliphatic carbocycles. The fourth-order valence-electron chi connectivity index (χ4n) is 3.85. The summed E-state index contributed by atoms with van der Waals surface area (Å²) in [4.78, 5) is 12.7. The molecule has 0 fully saturated rings. The molecule has 4 aromatic rings. The number of aromatic nitrogens is 3. The summed E-state index contributed by atoms with van der Waals surface area (Å²) in [6.45, 7) is 6.62. The number of pyridine rings is 1. The topological polar surface area (TPSA) is 67.8 Å². The van der Waals surface area contributed by atoms with Gasteiger partial charge < -0.3 is 9.88 Å². The van der Waals surface area contributed by atoms with E-state index in [-0.39, 0.29) is 21.7 Å². The van der Waals surface area contributed by atoms with Gasteiger partial charge in [0.05, 0.1) is 28.0 Å². The molecule has 1 N–H and O–H groups in total. The highest BCUT2D eigenvalue weighted by Gasteiger charge is 2.22. The third-order valence-electron chi connectivity index (χ3n) is 5.69. The lowest BCUT2D eigenvalue weighted by Crippen LogP contribution is -2.14. The number of fused-ring (bicyclic) bond motifs is 1. The van der Waals surface area contributed by atoms with Crippen LogP contribution in [0.1, 0.15) is 30.6 Å². The van der Waals surface area contributed by atoms with Gasteiger partial charge in [0.15, 0.2) is 17.2 Å². The molecule has 2 heterocycles. The summed E-state index contributed by atoms with van der Waals surface area (Å²) in [5, 5.41) is 4.00. The molecule has 182 valence electrons. The maximum Gasteiger partial charge on any atom is 0.188 e. The Morgan fingerprint density at radius 2 is 1.77 bits per heavy atom. The second-order valence-corrected chi connectivity index (χ2v) is 12.1. The smallest absolute Gasteiger partial charge is 0.188 e. The summed E-state index contributed by atoms with van der Waals surface area (Å²) in [6, 6.07) is 6.25. The monoisotopic (exact) mass is 518 g/mol. The van der Waals surface area contributed by atoms with Crippen LogP contribution in [0.4, 0.5) is 18.9 Å². The summed E-state index contributed by atoms with van der Waals surface area (Å²) < 4.78 is 55.8. The average Bonchev–Trinajstić information content (AvgIpc) is 2.81. The molecule has 2 aromatic heterocycles. The van der Waals surface area contributed by atoms with Gasteiger partial charge in [0, 0.05) is 40.5 Å². The molecule has 35 heavy (non-hydrogen) atoms. The molecule has 0 saturated heterocycles. The number of aryl methyl sites for hydroxylation is 1. The van der Waals surface area contributed by atoms with E-state index in [1.807, 2.05) is 6.92 Å². The van der Waals surface area contributed by atoms with Crippen LogP contribution in [0.2, 0.25) is 5.02 Å². The van der Waals surface area contributed by atoms with Crippen LogP contribution in [0, 0.1) is 24.4 Å². The minimum Gasteiger partial charge on any atom is -0.376 e. The second-order valence-electron chi connectivity index (χ2n) is 8.61. The van der Waals surface area contributed by atoms with Gasteiger partial charge in [0.25, 0.3) is 0 Å². The van der Waals surface area contributed by atoms with E-state index in [1.165, 1.54) is 30.6 Å². The third kappa shape index (κ3) is 4.91. The number of halogens is 4. The third-order valence-corrected chi connectivity index (χ3v) is 7.35. The Morgan fingerprint density at radius 3 is 2.40 bits per heavy atom. The summed E-state index contributed by atoms with van der Waals surface area (Å²) in [5.74, 6) is -2.43. The zero-order chi connectivity index (χ0) is 25.5. The molecule has 0 amide bonds. The molecule has 5 nitrogen and oxygen atoms in total. The van der Waals surface area contributed by atoms with Crippen LogP contribution in [0.15, 0.2) is 42.7 Å². The highest BCUT2D eigenvalue weighted by molar-refractivity contribution is 7.69. The van der Waals surface area contributed by atoms with Crippen LogP contribution in [0.3, 0.4) is 0 Å². The molecule has 0 bridgehead atoms. The van der Waals surface area contributed by atoms with Crippen LogP contribution in [-0.2, 0) is 4.57 Å². The van der Waals surface area contributed by atoms with Crippen molar-refractivity contribution in [2.24, 2.45) is 0 Å². The highest BCUT2D eigenvalue weighted by atomic mass is 35.5. The van der Waals surface area contributed by atoms with Gasteiger partial charge in [0.1, 0.15) is 13.0 Å². The Labute approximate surface area is 206 Å². The first-order chi connectivity index (χ1) is 16.5. The average molecular weight is 519 g/mol. The molecule has 0 radical (unpaired) electrons. The first-order valence-corrected chi connectivity index (χ1v) is 13.9. The summed E-state index contributed by atoms with van der Waals surface area (Å²) in [7, 11) is -2.67. The maximum atomic E-state index is 15.1. The zero-order valence-corrected chi connectivity index (χ0v) is 21.2. The number of hydrogen-bond donors (Lipinski definition) is 1. The van der Waals surface area contributed by atoms with Crippen molar-refractivity contribution in [3.63, 3.8) is 0 Å². The molecule has 2 aromatic carbocycles. The molecule has 0 aliphatic rings. The van der Waals surface area contributed by atoms with E-state index >= 15 is 4.39 Å². The van der Waals surface area contributed by atoms with E-state index in [4.69, 9.17) is 11.6 Å². The fourth-order valence-corrected chi connectivity index (χ4v) is 4.72. The van der Waals surface area contributed by atoms with Crippen molar-refractivity contribution < 1.29 is 17.7 Å². The van der Waals surface area contributed by atoms with Crippen LogP contribution in [0.5, 0.6) is 0 Å². The van der Waals surface area contributed by atoms with Crippen LogP contribution < -0.4 is 10.9 Å². The lowest BCUT2D eigenvalue weighted by Gasteiger charge is -2.22. The summed E-state index contributed by atoms with van der Waals surface area (Å²) in [6.07, 6.45) is 3.26. The van der Waals surface area contributed by atoms with E-state index in [0.717, 1.165) is 6.07 Å². The standard InChI is InChI=1S/C25H23ClF3N4OP/c1-5-20(15-7-6-8-18(27)23(15)29)33-24-17-9-16(14-11-30-25(31-12-14)35(3,4)34)19(28)10-21(17)32-13(2)22(24)26/h6-12,20H,5H2,1-4H3,(H,32,33)/t20-/m0/s1. The van der Waals surface area contributed by atoms with Crippen LogP contribution in [-0.4, -0.2) is 28.3 Å². The molecular formula is C25H23ClF3N4OP. The number of nitrogens with zero attached hydrogens (tertiary/aromatic N) is 3. The Balaban J connectivity index is 1.86. The predicted octanol–water partition coefficient (Wildman–Crippen LogP) is 6.88. The minimum absolute atomic E-state index is 0.154. The van der Waals surface area contributed by atoms with Crippen molar-refractivity contribution in [2.75, 3.05) is 18.6 Å². The van der Waals surface area contributed by atoms with E-state index in [1.54, 1.807) is 26.3 Å². The van der Waals surface area contributed by atoms with Crippen molar-refractivity contribution >= 4 is 40.9 Å². The van der Waals surface area contributed by atoms with E-state index < -0.39 is 30.6 Å². The van der Waals surface area contributed by atoms with Crippen molar-refractivity contribution in [2.45, 2.75) is 26.3 Å². The quantitative estimate of drug-likeness (QED) is 0.282. The second kappa shape index (κ2) is 9.59. The molecule has 10 heteroatoms. The highest BCUT2D eigenvalue weighted by Crippen LogP contribution is 2.39. The number of rotatable bonds is 6. The van der Waals surface area contributed by atoms with Gasteiger partial charge in [-0.25, -0.2) is 23.1 Å². The van der Waals surface area contributed by atoms with E-state index in [9.17, 15) is 13.3 Å². The molecule has 4 rings (SSSR count). The van der Waals surface area contributed by atoms with Gasteiger partial charge >= 0.3 is 0 Å². The number of nitrogens with one attached hydrogen (secondary N) is 1. The Bertz CT molecular complexity index is 1470. The molecule has 1 atom stereocenters. The number of anilines is 1. The Morgan fingerprint density at radius 1 is 1.09 bits per heavy atom. The SMILES string of the molecule is CC[C@H](Nc1c(Cl)c(C)nc2cc(F)c(-c3cnc(P(C)(C)=O)nc3)cc12)c1cccc(F)c1F. The summed E-state index contributed by atoms with van der Waals surface area (Å²) in [5.41, 5.74) is 2.16. The molecule has 0 spiro atoms. The Hall–Kier alpha value is -2.96. The van der Waals surface area contributed by atoms with Crippen LogP contribution in [0.25, 0.3) is 22.0 Å². The van der Waals surface area contributed by atoms with Gasteiger partial charge in [-0.3, -0.25) is 4.98 Å². The molecule has 0 aliphatic heterocycles. The van der Waals surface area contributed by atoms with Gasteiger partial charge in [-0.1, -0.05) is 30.7 Å². The van der Waals surface area contributed by atoms with E-state index in [2.05, 4.69) is 20.3 Å². The van der Waals surface area contributed by atoms with Crippen molar-refractivity contribution in [1.82, 2.24) is 15.0 Å². The lowest BCUT2D eigenvalue weighted by atomic mass is 10.0. The van der Waals surface area contributed by atoms with Crippen molar-refractivity contribution in [3.8, 4) is 11.1 Å². The fraction of sp³-hybridized carbons (Fsp3) is 0.240. The van der Waals surface area contributed by atoms with Gasteiger partial charge in [-0.15, -0.1) is 0 Å². The predicted molar refractivity (Wildman–Crippen MR) is 135 cm³/mol. The maximum absolute atomic E-state index is 15.1. The van der Waals surface area contributed by atoms with Crippen LogP contribution >= 0.6 is 18.7 Å². The summed E-state index contributed by atoms with van der Waals surface area (Å²) >= 11 is 6.60. The molecule has 0 unspecified atom stereocenters. The molecular weight excluding hydrogens is 496 g/mol. The van der Waals surface area contributed by atoms with Gasteiger partial charge in [0.2, 0.25) is 0 Å². The molecule has 0 saturated carbocycles. The minimum atomic E-state index is -2.67. The first-order valence-electron chi connectivity index (χ1n) is 10.9. The van der Waals surface area contributed by atoms with Gasteiger partial charge in [-0.2, -0.15) is 0 Å². The Kier molecular flexibility index (Phi) is 6.89. The van der Waals surface area contributed by atoms with Crippen molar-refractivity contribution in [3.05, 3.63) is 76.5 Å². The zero-order valence-electron chi connectivity index (χ0n) is 19.5. The van der Waals surface area contributed by atoms with Crippen molar-refractivity contribution in [1.29, 1.82) is 0 Å². The number of benzene rings is 2.